The second-order valence-electron chi connectivity index (χ2n) is 15.8. The summed E-state index contributed by atoms with van der Waals surface area (Å²) in [5, 5.41) is 5.47. The standard InChI is InChI=1S/C53H36N4O/c1-53(2)42-21-10-6-19-38(42)50-43(53)22-14-25-46(50)56(35-29-27-34(28-30-35)33-15-4-3-5-16-33)52-54-44-23-11-7-20-39(44)51(55-52)57-45-24-12-8-17-36(45)40-31-41-37-18-9-13-26-48(37)58-49(41)32-47(40)57/h3-32H,1-2H3. The molecule has 11 aromatic rings. The Morgan fingerprint density at radius 1 is 0.500 bits per heavy atom. The molecule has 3 heterocycles. The lowest BCUT2D eigenvalue weighted by atomic mass is 9.82. The number of fused-ring (bicyclic) bond motifs is 10. The van der Waals surface area contributed by atoms with E-state index in [4.69, 9.17) is 14.4 Å². The van der Waals surface area contributed by atoms with Crippen LogP contribution in [0, 0.1) is 0 Å². The molecule has 0 saturated carbocycles. The third-order valence-electron chi connectivity index (χ3n) is 12.2. The van der Waals surface area contributed by atoms with Gasteiger partial charge in [-0.15, -0.1) is 0 Å². The number of anilines is 3. The second kappa shape index (κ2) is 12.2. The highest BCUT2D eigenvalue weighted by Crippen LogP contribution is 2.54. The van der Waals surface area contributed by atoms with Gasteiger partial charge in [0.1, 0.15) is 11.2 Å². The van der Waals surface area contributed by atoms with Crippen LogP contribution in [-0.4, -0.2) is 14.5 Å². The predicted octanol–water partition coefficient (Wildman–Crippen LogP) is 14.1. The van der Waals surface area contributed by atoms with Gasteiger partial charge in [-0.25, -0.2) is 4.98 Å². The summed E-state index contributed by atoms with van der Waals surface area (Å²) >= 11 is 0. The smallest absolute Gasteiger partial charge is 0.237 e. The molecule has 0 bridgehead atoms. The summed E-state index contributed by atoms with van der Waals surface area (Å²) in [6.07, 6.45) is 0. The molecule has 0 saturated heterocycles. The van der Waals surface area contributed by atoms with Gasteiger partial charge >= 0.3 is 0 Å². The van der Waals surface area contributed by atoms with Gasteiger partial charge in [-0.05, 0) is 76.3 Å². The molecule has 0 aliphatic heterocycles. The van der Waals surface area contributed by atoms with Crippen LogP contribution in [0.2, 0.25) is 0 Å². The van der Waals surface area contributed by atoms with Crippen LogP contribution in [0.5, 0.6) is 0 Å². The maximum atomic E-state index is 6.49. The number of furan rings is 1. The molecule has 5 heteroatoms. The SMILES string of the molecule is CC1(C)c2ccccc2-c2c(N(c3ccc(-c4ccccc4)cc3)c3nc(-n4c5ccccc5c5cc6c(cc54)oc4ccccc46)c4ccccc4n3)cccc21. The van der Waals surface area contributed by atoms with E-state index < -0.39 is 0 Å². The van der Waals surface area contributed by atoms with Crippen molar-refractivity contribution in [1.29, 1.82) is 0 Å². The van der Waals surface area contributed by atoms with Crippen molar-refractivity contribution < 1.29 is 4.42 Å². The quantitative estimate of drug-likeness (QED) is 0.176. The van der Waals surface area contributed by atoms with Crippen LogP contribution in [0.1, 0.15) is 25.0 Å². The van der Waals surface area contributed by atoms with Gasteiger partial charge in [0.2, 0.25) is 5.95 Å². The van der Waals surface area contributed by atoms with E-state index in [1.54, 1.807) is 0 Å². The summed E-state index contributed by atoms with van der Waals surface area (Å²) in [6, 6.07) is 64.5. The molecule has 0 radical (unpaired) electrons. The highest BCUT2D eigenvalue weighted by atomic mass is 16.3. The Hall–Kier alpha value is -7.50. The maximum absolute atomic E-state index is 6.49. The van der Waals surface area contributed by atoms with Gasteiger partial charge in [-0.3, -0.25) is 9.47 Å². The molecular formula is C53H36N4O. The van der Waals surface area contributed by atoms with Crippen LogP contribution >= 0.6 is 0 Å². The van der Waals surface area contributed by atoms with E-state index in [0.717, 1.165) is 77.4 Å². The normalized spacial score (nSPS) is 13.1. The van der Waals surface area contributed by atoms with E-state index in [1.165, 1.54) is 27.8 Å². The number of nitrogens with zero attached hydrogens (tertiary/aromatic N) is 4. The Bertz CT molecular complexity index is 3430. The van der Waals surface area contributed by atoms with Crippen molar-refractivity contribution in [3.05, 3.63) is 193 Å². The number of hydrogen-bond donors (Lipinski definition) is 0. The van der Waals surface area contributed by atoms with Crippen molar-refractivity contribution in [2.24, 2.45) is 0 Å². The summed E-state index contributed by atoms with van der Waals surface area (Å²) < 4.78 is 8.79. The van der Waals surface area contributed by atoms with Gasteiger partial charge in [-0.1, -0.05) is 141 Å². The first-order chi connectivity index (χ1) is 28.5. The van der Waals surface area contributed by atoms with Crippen molar-refractivity contribution in [1.82, 2.24) is 14.5 Å². The van der Waals surface area contributed by atoms with Gasteiger partial charge in [0, 0.05) is 49.7 Å². The zero-order valence-corrected chi connectivity index (χ0v) is 32.0. The van der Waals surface area contributed by atoms with Crippen LogP contribution in [0.4, 0.5) is 17.3 Å². The molecule has 274 valence electrons. The summed E-state index contributed by atoms with van der Waals surface area (Å²) in [5.74, 6) is 1.40. The minimum Gasteiger partial charge on any atom is -0.456 e. The highest BCUT2D eigenvalue weighted by Gasteiger charge is 2.38. The molecule has 0 fully saturated rings. The van der Waals surface area contributed by atoms with E-state index in [2.05, 4.69) is 193 Å². The molecule has 12 rings (SSSR count). The number of rotatable bonds is 5. The van der Waals surface area contributed by atoms with E-state index in [1.807, 2.05) is 12.1 Å². The lowest BCUT2D eigenvalue weighted by molar-refractivity contribution is 0.660. The van der Waals surface area contributed by atoms with Crippen molar-refractivity contribution in [3.63, 3.8) is 0 Å². The van der Waals surface area contributed by atoms with Crippen molar-refractivity contribution in [2.45, 2.75) is 19.3 Å². The molecule has 0 unspecified atom stereocenters. The third-order valence-corrected chi connectivity index (χ3v) is 12.2. The topological polar surface area (TPSA) is 47.1 Å². The Labute approximate surface area is 335 Å². The van der Waals surface area contributed by atoms with Crippen molar-refractivity contribution in [2.75, 3.05) is 4.90 Å². The fourth-order valence-electron chi connectivity index (χ4n) is 9.45. The van der Waals surface area contributed by atoms with E-state index in [-0.39, 0.29) is 5.41 Å². The Morgan fingerprint density at radius 2 is 1.19 bits per heavy atom. The molecular weight excluding hydrogens is 709 g/mol. The van der Waals surface area contributed by atoms with Crippen molar-refractivity contribution in [3.8, 4) is 28.1 Å². The van der Waals surface area contributed by atoms with E-state index in [9.17, 15) is 0 Å². The summed E-state index contributed by atoms with van der Waals surface area (Å²) in [6.45, 7) is 4.65. The average molecular weight is 745 g/mol. The first-order valence-corrected chi connectivity index (χ1v) is 19.8. The van der Waals surface area contributed by atoms with Crippen LogP contribution in [0.25, 0.3) is 82.7 Å². The average Bonchev–Trinajstić information content (AvgIpc) is 3.88. The first kappa shape index (κ1) is 32.7. The molecule has 0 spiro atoms. The summed E-state index contributed by atoms with van der Waals surface area (Å²) in [4.78, 5) is 13.3. The molecule has 0 N–H and O–H groups in total. The third kappa shape index (κ3) is 4.71. The van der Waals surface area contributed by atoms with E-state index >= 15 is 0 Å². The number of hydrogen-bond acceptors (Lipinski definition) is 4. The largest absolute Gasteiger partial charge is 0.456 e. The number of aromatic nitrogens is 3. The highest BCUT2D eigenvalue weighted by molar-refractivity contribution is 6.17. The Balaban J connectivity index is 1.16. The summed E-state index contributed by atoms with van der Waals surface area (Å²) in [5.41, 5.74) is 13.9. The fraction of sp³-hybridized carbons (Fsp3) is 0.0566. The molecule has 5 nitrogen and oxygen atoms in total. The molecule has 3 aromatic heterocycles. The lowest BCUT2D eigenvalue weighted by Gasteiger charge is -2.28. The van der Waals surface area contributed by atoms with Crippen LogP contribution in [0.3, 0.4) is 0 Å². The van der Waals surface area contributed by atoms with Gasteiger partial charge in [0.05, 0.1) is 22.2 Å². The number of benzene rings is 8. The molecule has 0 atom stereocenters. The lowest BCUT2D eigenvalue weighted by Crippen LogP contribution is -2.17. The number of para-hydroxylation sites is 3. The molecule has 1 aliphatic carbocycles. The molecule has 1 aliphatic rings. The van der Waals surface area contributed by atoms with Crippen LogP contribution in [0.15, 0.2) is 186 Å². The Kier molecular flexibility index (Phi) is 6.91. The Morgan fingerprint density at radius 3 is 2.05 bits per heavy atom. The second-order valence-corrected chi connectivity index (χ2v) is 15.8. The molecule has 58 heavy (non-hydrogen) atoms. The first-order valence-electron chi connectivity index (χ1n) is 19.8. The zero-order valence-electron chi connectivity index (χ0n) is 32.0. The van der Waals surface area contributed by atoms with Crippen LogP contribution < -0.4 is 4.90 Å². The predicted molar refractivity (Wildman–Crippen MR) is 239 cm³/mol. The van der Waals surface area contributed by atoms with E-state index in [0.29, 0.717) is 5.95 Å². The monoisotopic (exact) mass is 744 g/mol. The minimum atomic E-state index is -0.175. The van der Waals surface area contributed by atoms with Gasteiger partial charge in [0.25, 0.3) is 0 Å². The van der Waals surface area contributed by atoms with Crippen molar-refractivity contribution >= 4 is 72.0 Å². The van der Waals surface area contributed by atoms with Gasteiger partial charge in [0.15, 0.2) is 5.82 Å². The molecule has 8 aromatic carbocycles. The summed E-state index contributed by atoms with van der Waals surface area (Å²) in [7, 11) is 0. The van der Waals surface area contributed by atoms with Crippen LogP contribution in [-0.2, 0) is 5.41 Å². The van der Waals surface area contributed by atoms with Gasteiger partial charge in [-0.2, -0.15) is 4.98 Å². The zero-order chi connectivity index (χ0) is 38.5. The minimum absolute atomic E-state index is 0.175. The fourth-order valence-corrected chi connectivity index (χ4v) is 9.45. The van der Waals surface area contributed by atoms with Gasteiger partial charge < -0.3 is 4.42 Å². The maximum Gasteiger partial charge on any atom is 0.237 e. The molecule has 0 amide bonds.